The van der Waals surface area contributed by atoms with E-state index in [1.807, 2.05) is 0 Å². The van der Waals surface area contributed by atoms with Crippen molar-refractivity contribution in [3.63, 3.8) is 0 Å². The van der Waals surface area contributed by atoms with Crippen LogP contribution in [0.15, 0.2) is 18.7 Å². The highest BCUT2D eigenvalue weighted by molar-refractivity contribution is 4.66. The summed E-state index contributed by atoms with van der Waals surface area (Å²) in [5, 5.41) is 0. The number of aromatic nitrogens is 2. The molecule has 2 heteroatoms. The highest BCUT2D eigenvalue weighted by atomic mass is 15.1. The van der Waals surface area contributed by atoms with E-state index in [1.165, 1.54) is 77.2 Å². The van der Waals surface area contributed by atoms with Gasteiger partial charge in [0.2, 0.25) is 6.33 Å². The smallest absolute Gasteiger partial charge is 0.240 e. The van der Waals surface area contributed by atoms with Crippen molar-refractivity contribution in [2.45, 2.75) is 91.0 Å². The van der Waals surface area contributed by atoms with Crippen molar-refractivity contribution in [3.05, 3.63) is 18.7 Å². The molecule has 1 aromatic heterocycles. The van der Waals surface area contributed by atoms with E-state index in [0.29, 0.717) is 0 Å². The van der Waals surface area contributed by atoms with Crippen LogP contribution in [0.1, 0.15) is 84.5 Å². The largest absolute Gasteiger partial charge is 0.243 e. The summed E-state index contributed by atoms with van der Waals surface area (Å²) < 4.78 is 4.41. The van der Waals surface area contributed by atoms with Gasteiger partial charge in [-0.15, -0.1) is 0 Å². The molecular weight excluding hydrogens is 256 g/mol. The fourth-order valence-corrected chi connectivity index (χ4v) is 3.03. The summed E-state index contributed by atoms with van der Waals surface area (Å²) in [5.41, 5.74) is 0. The van der Waals surface area contributed by atoms with Gasteiger partial charge in [-0.05, 0) is 18.8 Å². The highest BCUT2D eigenvalue weighted by Gasteiger charge is 2.04. The molecule has 2 nitrogen and oxygen atoms in total. The van der Waals surface area contributed by atoms with Gasteiger partial charge < -0.3 is 0 Å². The van der Waals surface area contributed by atoms with E-state index in [4.69, 9.17) is 0 Å². The number of hydrogen-bond acceptors (Lipinski definition) is 0. The Balaban J connectivity index is 1.88. The zero-order chi connectivity index (χ0) is 15.3. The standard InChI is InChI=1S/C19H37N2/c1-4-5-6-7-8-9-10-11-13-19(2)14-12-15-21-17-16-20(3)18-21/h16-19H,4-15H2,1-3H3/q+1/t19-/m0/s1. The van der Waals surface area contributed by atoms with Crippen LogP contribution >= 0.6 is 0 Å². The normalized spacial score (nSPS) is 12.7. The van der Waals surface area contributed by atoms with Crippen LogP contribution < -0.4 is 4.57 Å². The second kappa shape index (κ2) is 11.8. The minimum Gasteiger partial charge on any atom is -0.240 e. The van der Waals surface area contributed by atoms with Crippen LogP contribution in [0, 0.1) is 5.92 Å². The molecule has 0 aliphatic rings. The first-order valence-corrected chi connectivity index (χ1v) is 9.23. The second-order valence-electron chi connectivity index (χ2n) is 6.83. The summed E-state index contributed by atoms with van der Waals surface area (Å²) >= 11 is 0. The van der Waals surface area contributed by atoms with Gasteiger partial charge in [-0.2, -0.15) is 0 Å². The van der Waals surface area contributed by atoms with Crippen LogP contribution in [0.2, 0.25) is 0 Å². The summed E-state index contributed by atoms with van der Waals surface area (Å²) in [6.45, 7) is 5.89. The van der Waals surface area contributed by atoms with Crippen molar-refractivity contribution in [3.8, 4) is 0 Å². The Morgan fingerprint density at radius 1 is 0.905 bits per heavy atom. The average molecular weight is 294 g/mol. The molecule has 1 heterocycles. The lowest BCUT2D eigenvalue weighted by Crippen LogP contribution is -2.23. The molecule has 0 aliphatic carbocycles. The lowest BCUT2D eigenvalue weighted by molar-refractivity contribution is -0.671. The molecule has 0 amide bonds. The van der Waals surface area contributed by atoms with Crippen molar-refractivity contribution in [2.75, 3.05) is 0 Å². The molecule has 0 saturated carbocycles. The van der Waals surface area contributed by atoms with Gasteiger partial charge in [0.05, 0.1) is 13.6 Å². The lowest BCUT2D eigenvalue weighted by atomic mass is 9.97. The molecule has 0 bridgehead atoms. The van der Waals surface area contributed by atoms with Crippen LogP contribution in [0.3, 0.4) is 0 Å². The summed E-state index contributed by atoms with van der Waals surface area (Å²) in [4.78, 5) is 0. The lowest BCUT2D eigenvalue weighted by Gasteiger charge is -2.10. The molecule has 0 radical (unpaired) electrons. The van der Waals surface area contributed by atoms with E-state index in [9.17, 15) is 0 Å². The topological polar surface area (TPSA) is 8.81 Å². The Hall–Kier alpha value is -0.790. The molecule has 1 aromatic rings. The van der Waals surface area contributed by atoms with E-state index in [0.717, 1.165) is 5.92 Å². The third-order valence-corrected chi connectivity index (χ3v) is 4.49. The number of nitrogens with zero attached hydrogens (tertiary/aromatic N) is 2. The van der Waals surface area contributed by atoms with E-state index in [-0.39, 0.29) is 0 Å². The van der Waals surface area contributed by atoms with Crippen molar-refractivity contribution in [2.24, 2.45) is 13.0 Å². The highest BCUT2D eigenvalue weighted by Crippen LogP contribution is 2.17. The van der Waals surface area contributed by atoms with Crippen molar-refractivity contribution < 1.29 is 4.57 Å². The van der Waals surface area contributed by atoms with Gasteiger partial charge in [0.1, 0.15) is 12.4 Å². The minimum absolute atomic E-state index is 0.898. The Bertz CT molecular complexity index is 343. The summed E-state index contributed by atoms with van der Waals surface area (Å²) in [6, 6.07) is 0. The summed E-state index contributed by atoms with van der Waals surface area (Å²) in [6.07, 6.45) is 22.1. The predicted molar refractivity (Wildman–Crippen MR) is 91.2 cm³/mol. The fourth-order valence-electron chi connectivity index (χ4n) is 3.03. The first kappa shape index (κ1) is 18.3. The number of hydrogen-bond donors (Lipinski definition) is 0. The molecule has 0 fully saturated rings. The van der Waals surface area contributed by atoms with Gasteiger partial charge in [-0.1, -0.05) is 71.6 Å². The van der Waals surface area contributed by atoms with Crippen molar-refractivity contribution in [1.29, 1.82) is 0 Å². The van der Waals surface area contributed by atoms with Crippen molar-refractivity contribution >= 4 is 0 Å². The van der Waals surface area contributed by atoms with Crippen LogP contribution in [0.5, 0.6) is 0 Å². The number of imidazole rings is 1. The van der Waals surface area contributed by atoms with Gasteiger partial charge in [0.15, 0.2) is 0 Å². The van der Waals surface area contributed by atoms with E-state index < -0.39 is 0 Å². The molecule has 1 atom stereocenters. The van der Waals surface area contributed by atoms with E-state index in [1.54, 1.807) is 0 Å². The second-order valence-corrected chi connectivity index (χ2v) is 6.83. The van der Waals surface area contributed by atoms with Gasteiger partial charge in [0.25, 0.3) is 0 Å². The first-order valence-electron chi connectivity index (χ1n) is 9.23. The van der Waals surface area contributed by atoms with Gasteiger partial charge in [-0.3, -0.25) is 0 Å². The number of rotatable bonds is 13. The minimum atomic E-state index is 0.898. The molecule has 0 unspecified atom stereocenters. The van der Waals surface area contributed by atoms with Crippen LogP contribution in [-0.4, -0.2) is 4.57 Å². The number of unbranched alkanes of at least 4 members (excludes halogenated alkanes) is 7. The predicted octanol–water partition coefficient (Wildman–Crippen LogP) is 5.26. The van der Waals surface area contributed by atoms with Crippen molar-refractivity contribution in [1.82, 2.24) is 4.57 Å². The molecule has 122 valence electrons. The Labute approximate surface area is 132 Å². The van der Waals surface area contributed by atoms with E-state index >= 15 is 0 Å². The molecule has 0 aliphatic heterocycles. The zero-order valence-electron chi connectivity index (χ0n) is 14.7. The third-order valence-electron chi connectivity index (χ3n) is 4.49. The Morgan fingerprint density at radius 2 is 1.52 bits per heavy atom. The summed E-state index contributed by atoms with van der Waals surface area (Å²) in [5.74, 6) is 0.898. The maximum atomic E-state index is 2.43. The fraction of sp³-hybridized carbons (Fsp3) is 0.842. The molecule has 1 rings (SSSR count). The van der Waals surface area contributed by atoms with Crippen LogP contribution in [0.25, 0.3) is 0 Å². The van der Waals surface area contributed by atoms with Gasteiger partial charge in [0, 0.05) is 0 Å². The molecule has 0 aromatic carbocycles. The molecule has 0 N–H and O–H groups in total. The monoisotopic (exact) mass is 293 g/mol. The average Bonchev–Trinajstić information content (AvgIpc) is 2.87. The molecule has 0 spiro atoms. The maximum absolute atomic E-state index is 2.43. The Kier molecular flexibility index (Phi) is 10.3. The first-order chi connectivity index (χ1) is 10.2. The molecule has 0 saturated heterocycles. The zero-order valence-corrected chi connectivity index (χ0v) is 14.7. The molecule has 21 heavy (non-hydrogen) atoms. The third kappa shape index (κ3) is 9.71. The molecular formula is C19H37N2+. The summed E-state index contributed by atoms with van der Waals surface area (Å²) in [7, 11) is 2.08. The maximum Gasteiger partial charge on any atom is 0.243 e. The van der Waals surface area contributed by atoms with Gasteiger partial charge in [-0.25, -0.2) is 9.13 Å². The van der Waals surface area contributed by atoms with Crippen LogP contribution in [-0.2, 0) is 13.6 Å². The quantitative estimate of drug-likeness (QED) is 0.346. The Morgan fingerprint density at radius 3 is 2.14 bits per heavy atom. The number of aryl methyl sites for hydroxylation is 2. The van der Waals surface area contributed by atoms with Gasteiger partial charge >= 0.3 is 0 Å². The van der Waals surface area contributed by atoms with E-state index in [2.05, 4.69) is 48.8 Å². The van der Waals surface area contributed by atoms with Crippen LogP contribution in [0.4, 0.5) is 0 Å². The SMILES string of the molecule is CCCCCCCCCC[C@H](C)CCCn1cc[n+](C)c1.